The first-order valence-corrected chi connectivity index (χ1v) is 7.28. The lowest BCUT2D eigenvalue weighted by Crippen LogP contribution is -2.08. The molecule has 1 unspecified atom stereocenters. The standard InChI is InChI=1S/C18H18N4/c1-22(2)15-9-7-13(8-10-15)11-14(12-19)18-20-16-5-3-4-6-17(16)21-18/h3-10,14H,11H2,1-2H3,(H,20,21). The van der Waals surface area contributed by atoms with Crippen LogP contribution in [0, 0.1) is 11.3 Å². The van der Waals surface area contributed by atoms with Crippen LogP contribution in [-0.4, -0.2) is 24.1 Å². The topological polar surface area (TPSA) is 55.7 Å². The molecule has 0 bridgehead atoms. The highest BCUT2D eigenvalue weighted by molar-refractivity contribution is 5.74. The molecule has 0 saturated heterocycles. The fourth-order valence-corrected chi connectivity index (χ4v) is 2.51. The van der Waals surface area contributed by atoms with Gasteiger partial charge in [-0.2, -0.15) is 5.26 Å². The predicted molar refractivity (Wildman–Crippen MR) is 88.9 cm³/mol. The number of aromatic amines is 1. The Morgan fingerprint density at radius 2 is 1.86 bits per heavy atom. The van der Waals surface area contributed by atoms with E-state index in [0.717, 1.165) is 28.1 Å². The Hall–Kier alpha value is -2.80. The summed E-state index contributed by atoms with van der Waals surface area (Å²) in [6, 6.07) is 18.5. The molecule has 3 rings (SSSR count). The van der Waals surface area contributed by atoms with Gasteiger partial charge in [-0.15, -0.1) is 0 Å². The maximum absolute atomic E-state index is 9.49. The fraction of sp³-hybridized carbons (Fsp3) is 0.222. The van der Waals surface area contributed by atoms with E-state index in [-0.39, 0.29) is 5.92 Å². The number of anilines is 1. The van der Waals surface area contributed by atoms with Gasteiger partial charge in [0.05, 0.1) is 17.1 Å². The zero-order chi connectivity index (χ0) is 15.5. The number of fused-ring (bicyclic) bond motifs is 1. The van der Waals surface area contributed by atoms with Gasteiger partial charge in [0.15, 0.2) is 0 Å². The highest BCUT2D eigenvalue weighted by Crippen LogP contribution is 2.22. The van der Waals surface area contributed by atoms with Gasteiger partial charge in [0.25, 0.3) is 0 Å². The van der Waals surface area contributed by atoms with Crippen LogP contribution in [0.15, 0.2) is 48.5 Å². The fourth-order valence-electron chi connectivity index (χ4n) is 2.51. The molecule has 0 fully saturated rings. The zero-order valence-electron chi connectivity index (χ0n) is 12.7. The number of nitrogens with one attached hydrogen (secondary N) is 1. The molecule has 3 aromatic rings. The summed E-state index contributed by atoms with van der Waals surface area (Å²) in [7, 11) is 4.03. The third kappa shape index (κ3) is 2.79. The van der Waals surface area contributed by atoms with Gasteiger partial charge in [-0.1, -0.05) is 24.3 Å². The molecule has 0 spiro atoms. The first kappa shape index (κ1) is 14.2. The Labute approximate surface area is 130 Å². The molecule has 4 heteroatoms. The summed E-state index contributed by atoms with van der Waals surface area (Å²) in [5.74, 6) is 0.470. The van der Waals surface area contributed by atoms with Gasteiger partial charge in [-0.05, 0) is 36.2 Å². The third-order valence-electron chi connectivity index (χ3n) is 3.79. The molecule has 1 aromatic heterocycles. The summed E-state index contributed by atoms with van der Waals surface area (Å²) in [5.41, 5.74) is 4.17. The maximum Gasteiger partial charge on any atom is 0.124 e. The molecule has 0 radical (unpaired) electrons. The smallest absolute Gasteiger partial charge is 0.124 e. The lowest BCUT2D eigenvalue weighted by atomic mass is 10.00. The first-order valence-electron chi connectivity index (χ1n) is 7.28. The number of para-hydroxylation sites is 2. The molecule has 22 heavy (non-hydrogen) atoms. The second-order valence-corrected chi connectivity index (χ2v) is 5.59. The van der Waals surface area contributed by atoms with Gasteiger partial charge in [0, 0.05) is 19.8 Å². The molecule has 1 atom stereocenters. The second kappa shape index (κ2) is 5.90. The van der Waals surface area contributed by atoms with Crippen molar-refractivity contribution in [3.8, 4) is 6.07 Å². The second-order valence-electron chi connectivity index (χ2n) is 5.59. The Kier molecular flexibility index (Phi) is 3.80. The van der Waals surface area contributed by atoms with Crippen LogP contribution in [0.1, 0.15) is 17.3 Å². The number of nitriles is 1. The van der Waals surface area contributed by atoms with Gasteiger partial charge in [-0.25, -0.2) is 4.98 Å². The normalized spacial score (nSPS) is 12.0. The first-order chi connectivity index (χ1) is 10.7. The Morgan fingerprint density at radius 1 is 1.14 bits per heavy atom. The average molecular weight is 290 g/mol. The van der Waals surface area contributed by atoms with Crippen molar-refractivity contribution in [3.05, 3.63) is 59.9 Å². The molecular formula is C18H18N4. The summed E-state index contributed by atoms with van der Waals surface area (Å²) in [5, 5.41) is 9.49. The van der Waals surface area contributed by atoms with E-state index in [1.54, 1.807) is 0 Å². The molecule has 0 aliphatic rings. The molecule has 0 saturated carbocycles. The minimum atomic E-state index is -0.266. The lowest BCUT2D eigenvalue weighted by Gasteiger charge is -2.13. The maximum atomic E-state index is 9.49. The van der Waals surface area contributed by atoms with E-state index in [2.05, 4.69) is 45.2 Å². The summed E-state index contributed by atoms with van der Waals surface area (Å²) < 4.78 is 0. The number of aromatic nitrogens is 2. The molecular weight excluding hydrogens is 272 g/mol. The highest BCUT2D eigenvalue weighted by Gasteiger charge is 2.16. The van der Waals surface area contributed by atoms with Crippen molar-refractivity contribution in [3.63, 3.8) is 0 Å². The van der Waals surface area contributed by atoms with Crippen molar-refractivity contribution in [2.45, 2.75) is 12.3 Å². The van der Waals surface area contributed by atoms with Crippen molar-refractivity contribution in [1.82, 2.24) is 9.97 Å². The number of nitrogens with zero attached hydrogens (tertiary/aromatic N) is 3. The van der Waals surface area contributed by atoms with Gasteiger partial charge >= 0.3 is 0 Å². The zero-order valence-corrected chi connectivity index (χ0v) is 12.7. The van der Waals surface area contributed by atoms with E-state index in [1.165, 1.54) is 0 Å². The van der Waals surface area contributed by atoms with Crippen LogP contribution in [0.5, 0.6) is 0 Å². The number of H-pyrrole nitrogens is 1. The molecule has 1 N–H and O–H groups in total. The van der Waals surface area contributed by atoms with Crippen LogP contribution in [0.3, 0.4) is 0 Å². The SMILES string of the molecule is CN(C)c1ccc(CC(C#N)c2nc3ccccc3[nH]2)cc1. The summed E-state index contributed by atoms with van der Waals surface area (Å²) in [6.45, 7) is 0. The summed E-state index contributed by atoms with van der Waals surface area (Å²) in [4.78, 5) is 9.85. The predicted octanol–water partition coefficient (Wildman–Crippen LogP) is 3.48. The van der Waals surface area contributed by atoms with Gasteiger partial charge in [0.1, 0.15) is 11.7 Å². The molecule has 4 nitrogen and oxygen atoms in total. The van der Waals surface area contributed by atoms with E-state index in [4.69, 9.17) is 0 Å². The minimum Gasteiger partial charge on any atom is -0.378 e. The Balaban J connectivity index is 1.83. The third-order valence-corrected chi connectivity index (χ3v) is 3.79. The Bertz CT molecular complexity index is 776. The van der Waals surface area contributed by atoms with Gasteiger partial charge in [-0.3, -0.25) is 0 Å². The molecule has 2 aromatic carbocycles. The van der Waals surface area contributed by atoms with E-state index in [9.17, 15) is 5.26 Å². The Morgan fingerprint density at radius 3 is 2.50 bits per heavy atom. The van der Waals surface area contributed by atoms with E-state index in [1.807, 2.05) is 38.4 Å². The minimum absolute atomic E-state index is 0.266. The van der Waals surface area contributed by atoms with E-state index in [0.29, 0.717) is 6.42 Å². The van der Waals surface area contributed by atoms with Crippen LogP contribution in [0.25, 0.3) is 11.0 Å². The van der Waals surface area contributed by atoms with Crippen LogP contribution in [-0.2, 0) is 6.42 Å². The molecule has 0 aliphatic carbocycles. The monoisotopic (exact) mass is 290 g/mol. The van der Waals surface area contributed by atoms with Crippen molar-refractivity contribution >= 4 is 16.7 Å². The molecule has 110 valence electrons. The van der Waals surface area contributed by atoms with Crippen molar-refractivity contribution in [2.24, 2.45) is 0 Å². The number of hydrogen-bond acceptors (Lipinski definition) is 3. The van der Waals surface area contributed by atoms with Gasteiger partial charge < -0.3 is 9.88 Å². The quantitative estimate of drug-likeness (QED) is 0.800. The van der Waals surface area contributed by atoms with Crippen LogP contribution in [0.4, 0.5) is 5.69 Å². The van der Waals surface area contributed by atoms with Crippen molar-refractivity contribution in [1.29, 1.82) is 5.26 Å². The van der Waals surface area contributed by atoms with Crippen LogP contribution < -0.4 is 4.90 Å². The number of benzene rings is 2. The van der Waals surface area contributed by atoms with Gasteiger partial charge in [0.2, 0.25) is 0 Å². The summed E-state index contributed by atoms with van der Waals surface area (Å²) in [6.07, 6.45) is 0.657. The highest BCUT2D eigenvalue weighted by atomic mass is 15.1. The molecule has 0 aliphatic heterocycles. The van der Waals surface area contributed by atoms with E-state index >= 15 is 0 Å². The van der Waals surface area contributed by atoms with Crippen LogP contribution >= 0.6 is 0 Å². The van der Waals surface area contributed by atoms with Crippen LogP contribution in [0.2, 0.25) is 0 Å². The molecule has 0 amide bonds. The summed E-state index contributed by atoms with van der Waals surface area (Å²) >= 11 is 0. The number of rotatable bonds is 4. The van der Waals surface area contributed by atoms with Crippen molar-refractivity contribution < 1.29 is 0 Å². The van der Waals surface area contributed by atoms with Crippen molar-refractivity contribution in [2.75, 3.05) is 19.0 Å². The molecule has 1 heterocycles. The lowest BCUT2D eigenvalue weighted by molar-refractivity contribution is 0.793. The number of hydrogen-bond donors (Lipinski definition) is 1. The van der Waals surface area contributed by atoms with E-state index < -0.39 is 0 Å². The number of imidazole rings is 1. The largest absolute Gasteiger partial charge is 0.378 e. The average Bonchev–Trinajstić information content (AvgIpc) is 2.96.